The fourth-order valence-corrected chi connectivity index (χ4v) is 2.38. The van der Waals surface area contributed by atoms with Gasteiger partial charge >= 0.3 is 5.97 Å². The number of carbonyl (C=O) groups is 1. The quantitative estimate of drug-likeness (QED) is 0.580. The van der Waals surface area contributed by atoms with Crippen LogP contribution in [0.4, 0.5) is 0 Å². The molecule has 19 heavy (non-hydrogen) atoms. The molecule has 1 fully saturated rings. The summed E-state index contributed by atoms with van der Waals surface area (Å²) in [5, 5.41) is 0. The van der Waals surface area contributed by atoms with Gasteiger partial charge in [0, 0.05) is 25.5 Å². The molecule has 4 nitrogen and oxygen atoms in total. The van der Waals surface area contributed by atoms with Gasteiger partial charge in [0.15, 0.2) is 0 Å². The molecule has 0 spiro atoms. The zero-order chi connectivity index (χ0) is 14.1. The van der Waals surface area contributed by atoms with Crippen LogP contribution in [0.5, 0.6) is 0 Å². The van der Waals surface area contributed by atoms with E-state index in [9.17, 15) is 4.79 Å². The average molecular weight is 264 g/mol. The number of ether oxygens (including phenoxy) is 3. The highest BCUT2D eigenvalue weighted by Gasteiger charge is 2.38. The van der Waals surface area contributed by atoms with E-state index in [-0.39, 0.29) is 5.97 Å². The van der Waals surface area contributed by atoms with Crippen LogP contribution >= 0.6 is 0 Å². The van der Waals surface area contributed by atoms with E-state index in [0.717, 1.165) is 5.76 Å². The molecule has 0 bridgehead atoms. The maximum absolute atomic E-state index is 11.8. The van der Waals surface area contributed by atoms with Gasteiger partial charge in [0.05, 0.1) is 7.11 Å². The summed E-state index contributed by atoms with van der Waals surface area (Å²) in [5.41, 5.74) is -0.341. The molecule has 0 aromatic heterocycles. The summed E-state index contributed by atoms with van der Waals surface area (Å²) in [4.78, 5) is 11.8. The second-order valence-corrected chi connectivity index (χ2v) is 5.50. The van der Waals surface area contributed by atoms with Crippen LogP contribution in [0.15, 0.2) is 35.6 Å². The van der Waals surface area contributed by atoms with Crippen molar-refractivity contribution >= 4 is 5.97 Å². The number of esters is 1. The third-order valence-corrected chi connectivity index (χ3v) is 3.43. The first-order valence-corrected chi connectivity index (χ1v) is 6.33. The first-order chi connectivity index (χ1) is 8.90. The van der Waals surface area contributed by atoms with Crippen LogP contribution in [-0.2, 0) is 19.0 Å². The fraction of sp³-hybridized carbons (Fsp3) is 0.533. The maximum atomic E-state index is 11.8. The van der Waals surface area contributed by atoms with Crippen LogP contribution in [0.3, 0.4) is 0 Å². The van der Waals surface area contributed by atoms with Crippen LogP contribution in [-0.4, -0.2) is 31.4 Å². The van der Waals surface area contributed by atoms with Crippen molar-refractivity contribution < 1.29 is 19.0 Å². The molecule has 4 heteroatoms. The first-order valence-electron chi connectivity index (χ1n) is 6.33. The van der Waals surface area contributed by atoms with Gasteiger partial charge in [0.1, 0.15) is 17.0 Å². The van der Waals surface area contributed by atoms with Crippen LogP contribution in [0.25, 0.3) is 0 Å². The van der Waals surface area contributed by atoms with E-state index in [0.29, 0.717) is 18.4 Å². The molecule has 104 valence electrons. The summed E-state index contributed by atoms with van der Waals surface area (Å²) in [7, 11) is 3.27. The molecule has 1 aliphatic carbocycles. The van der Waals surface area contributed by atoms with Gasteiger partial charge in [-0.05, 0) is 38.2 Å². The highest BCUT2D eigenvalue weighted by molar-refractivity contribution is 5.91. The summed E-state index contributed by atoms with van der Waals surface area (Å²) < 4.78 is 16.0. The van der Waals surface area contributed by atoms with E-state index >= 15 is 0 Å². The van der Waals surface area contributed by atoms with Crippen molar-refractivity contribution in [1.82, 2.24) is 0 Å². The Morgan fingerprint density at radius 1 is 1.37 bits per heavy atom. The van der Waals surface area contributed by atoms with Crippen LogP contribution < -0.4 is 0 Å². The molecule has 0 amide bonds. The molecule has 2 rings (SSSR count). The van der Waals surface area contributed by atoms with Crippen molar-refractivity contribution in [3.05, 3.63) is 35.6 Å². The molecule has 0 aromatic carbocycles. The third kappa shape index (κ3) is 2.89. The molecule has 1 heterocycles. The van der Waals surface area contributed by atoms with Gasteiger partial charge in [-0.2, -0.15) is 0 Å². The first kappa shape index (κ1) is 13.9. The molecule has 1 saturated heterocycles. The van der Waals surface area contributed by atoms with Gasteiger partial charge < -0.3 is 14.2 Å². The minimum Gasteiger partial charge on any atom is -0.497 e. The van der Waals surface area contributed by atoms with Gasteiger partial charge in [-0.1, -0.05) is 0 Å². The van der Waals surface area contributed by atoms with Crippen LogP contribution in [0.1, 0.15) is 26.7 Å². The second-order valence-electron chi connectivity index (χ2n) is 5.50. The van der Waals surface area contributed by atoms with Gasteiger partial charge in [-0.3, -0.25) is 0 Å². The van der Waals surface area contributed by atoms with Crippen molar-refractivity contribution in [3.8, 4) is 0 Å². The molecular weight excluding hydrogens is 244 g/mol. The number of hydrogen-bond donors (Lipinski definition) is 0. The van der Waals surface area contributed by atoms with E-state index in [1.807, 2.05) is 38.2 Å². The Morgan fingerprint density at radius 3 is 2.53 bits per heavy atom. The molecule has 0 N–H and O–H groups in total. The van der Waals surface area contributed by atoms with Crippen molar-refractivity contribution in [3.63, 3.8) is 0 Å². The molecule has 1 atom stereocenters. The number of allylic oxidation sites excluding steroid dienone is 1. The van der Waals surface area contributed by atoms with Crippen LogP contribution in [0.2, 0.25) is 0 Å². The van der Waals surface area contributed by atoms with Crippen molar-refractivity contribution in [2.24, 2.45) is 0 Å². The van der Waals surface area contributed by atoms with E-state index in [4.69, 9.17) is 14.2 Å². The van der Waals surface area contributed by atoms with E-state index in [1.54, 1.807) is 14.2 Å². The van der Waals surface area contributed by atoms with Crippen molar-refractivity contribution in [1.29, 1.82) is 0 Å². The lowest BCUT2D eigenvalue weighted by Gasteiger charge is -2.27. The molecule has 1 unspecified atom stereocenters. The Morgan fingerprint density at radius 2 is 2.11 bits per heavy atom. The third-order valence-electron chi connectivity index (χ3n) is 3.43. The Kier molecular flexibility index (Phi) is 3.54. The Balaban J connectivity index is 2.24. The summed E-state index contributed by atoms with van der Waals surface area (Å²) in [6.07, 6.45) is 8.83. The number of carbonyl (C=O) groups excluding carboxylic acids is 1. The molecule has 0 aromatic rings. The summed E-state index contributed by atoms with van der Waals surface area (Å²) >= 11 is 0. The molecule has 0 radical (unpaired) electrons. The largest absolute Gasteiger partial charge is 0.497 e. The zero-order valence-corrected chi connectivity index (χ0v) is 11.9. The number of cyclic esters (lactones) is 1. The average Bonchev–Trinajstić information content (AvgIpc) is 2.63. The topological polar surface area (TPSA) is 44.8 Å². The minimum atomic E-state index is -0.587. The monoisotopic (exact) mass is 264 g/mol. The van der Waals surface area contributed by atoms with Crippen molar-refractivity contribution in [2.45, 2.75) is 37.9 Å². The van der Waals surface area contributed by atoms with E-state index in [2.05, 4.69) is 0 Å². The predicted octanol–water partition coefficient (Wildman–Crippen LogP) is 2.51. The lowest BCUT2D eigenvalue weighted by Crippen LogP contribution is -2.28. The molecular formula is C15H20O4. The Hall–Kier alpha value is -1.55. The highest BCUT2D eigenvalue weighted by Crippen LogP contribution is 2.34. The van der Waals surface area contributed by atoms with E-state index < -0.39 is 11.2 Å². The lowest BCUT2D eigenvalue weighted by molar-refractivity contribution is -0.143. The fourth-order valence-electron chi connectivity index (χ4n) is 2.38. The molecule has 2 aliphatic rings. The Bertz CT molecular complexity index is 471. The number of rotatable bonds is 3. The molecule has 1 aliphatic heterocycles. The van der Waals surface area contributed by atoms with Crippen LogP contribution in [0, 0.1) is 0 Å². The van der Waals surface area contributed by atoms with Gasteiger partial charge in [-0.25, -0.2) is 4.79 Å². The van der Waals surface area contributed by atoms with Crippen molar-refractivity contribution in [2.75, 3.05) is 14.2 Å². The standard InChI is InChI=1S/C15H20O4/c1-14(2)9-11(13(16)19-14)10-15(18-4)7-5-12(17-3)6-8-15/h5-7,10H,8-9H2,1-4H3. The number of hydrogen-bond acceptors (Lipinski definition) is 4. The Labute approximate surface area is 113 Å². The molecule has 0 saturated carbocycles. The van der Waals surface area contributed by atoms with Gasteiger partial charge in [0.2, 0.25) is 0 Å². The highest BCUT2D eigenvalue weighted by atomic mass is 16.6. The summed E-state index contributed by atoms with van der Waals surface area (Å²) in [6, 6.07) is 0. The second kappa shape index (κ2) is 4.85. The zero-order valence-electron chi connectivity index (χ0n) is 11.9. The smallest absolute Gasteiger partial charge is 0.334 e. The van der Waals surface area contributed by atoms with Gasteiger partial charge in [0.25, 0.3) is 0 Å². The van der Waals surface area contributed by atoms with Gasteiger partial charge in [-0.15, -0.1) is 0 Å². The summed E-state index contributed by atoms with van der Waals surface area (Å²) in [6.45, 7) is 3.82. The normalized spacial score (nSPS) is 31.3. The SMILES string of the molecule is COC1=CCC(C=C2CC(C)(C)OC2=O)(OC)C=C1. The predicted molar refractivity (Wildman–Crippen MR) is 71.5 cm³/mol. The minimum absolute atomic E-state index is 0.253. The number of methoxy groups -OCH3 is 2. The van der Waals surface area contributed by atoms with E-state index in [1.165, 1.54) is 0 Å². The maximum Gasteiger partial charge on any atom is 0.334 e. The lowest BCUT2D eigenvalue weighted by atomic mass is 9.90. The summed E-state index contributed by atoms with van der Waals surface area (Å²) in [5.74, 6) is 0.553.